The first-order chi connectivity index (χ1) is 12.0. The number of aromatic nitrogens is 2. The summed E-state index contributed by atoms with van der Waals surface area (Å²) in [6.07, 6.45) is 0. The van der Waals surface area contributed by atoms with E-state index in [9.17, 15) is 4.79 Å². The molecular formula is C18H17ClN4O2. The van der Waals surface area contributed by atoms with Gasteiger partial charge >= 0.3 is 6.03 Å². The van der Waals surface area contributed by atoms with Crippen LogP contribution in [-0.4, -0.2) is 22.2 Å². The first-order valence-electron chi connectivity index (χ1n) is 7.79. The van der Waals surface area contributed by atoms with Crippen molar-refractivity contribution < 1.29 is 9.32 Å². The molecule has 0 bridgehead atoms. The predicted octanol–water partition coefficient (Wildman–Crippen LogP) is 4.59. The Labute approximate surface area is 150 Å². The molecule has 3 aromatic rings. The van der Waals surface area contributed by atoms with E-state index in [-0.39, 0.29) is 12.1 Å². The maximum atomic E-state index is 11.8. The van der Waals surface area contributed by atoms with Gasteiger partial charge in [0.2, 0.25) is 5.82 Å². The Hall–Kier alpha value is -2.86. The van der Waals surface area contributed by atoms with Crippen molar-refractivity contribution in [2.24, 2.45) is 0 Å². The maximum absolute atomic E-state index is 11.8. The largest absolute Gasteiger partial charge is 0.336 e. The van der Waals surface area contributed by atoms with Gasteiger partial charge in [-0.25, -0.2) is 4.79 Å². The first kappa shape index (κ1) is 17.0. The van der Waals surface area contributed by atoms with Crippen LogP contribution in [0.2, 0.25) is 5.02 Å². The fourth-order valence-corrected chi connectivity index (χ4v) is 2.34. The first-order valence-corrected chi connectivity index (χ1v) is 8.16. The number of anilines is 1. The number of rotatable bonds is 4. The van der Waals surface area contributed by atoms with Crippen molar-refractivity contribution in [3.63, 3.8) is 0 Å². The molecule has 0 spiro atoms. The van der Waals surface area contributed by atoms with Gasteiger partial charge in [-0.05, 0) is 50.2 Å². The average Bonchev–Trinajstić information content (AvgIpc) is 3.05. The van der Waals surface area contributed by atoms with Gasteiger partial charge in [0.25, 0.3) is 5.89 Å². The number of hydrogen-bond acceptors (Lipinski definition) is 4. The lowest BCUT2D eigenvalue weighted by atomic mass is 10.2. The summed E-state index contributed by atoms with van der Waals surface area (Å²) in [7, 11) is 0. The molecule has 0 unspecified atom stereocenters. The minimum atomic E-state index is -0.262. The van der Waals surface area contributed by atoms with Gasteiger partial charge in [0.15, 0.2) is 0 Å². The molecule has 2 aromatic carbocycles. The van der Waals surface area contributed by atoms with E-state index in [1.165, 1.54) is 0 Å². The van der Waals surface area contributed by atoms with Crippen LogP contribution in [0.25, 0.3) is 22.8 Å². The second-order valence-corrected chi connectivity index (χ2v) is 6.20. The molecule has 7 heteroatoms. The van der Waals surface area contributed by atoms with Crippen molar-refractivity contribution in [1.29, 1.82) is 0 Å². The number of halogens is 1. The summed E-state index contributed by atoms with van der Waals surface area (Å²) in [6.45, 7) is 3.79. The van der Waals surface area contributed by atoms with Crippen LogP contribution in [0.5, 0.6) is 0 Å². The fraction of sp³-hybridized carbons (Fsp3) is 0.167. The molecule has 0 aliphatic heterocycles. The van der Waals surface area contributed by atoms with Crippen molar-refractivity contribution in [2.45, 2.75) is 19.9 Å². The summed E-state index contributed by atoms with van der Waals surface area (Å²) in [5, 5.41) is 10.2. The molecule has 2 amide bonds. The van der Waals surface area contributed by atoms with E-state index in [1.807, 2.05) is 38.1 Å². The van der Waals surface area contributed by atoms with Crippen LogP contribution in [0.1, 0.15) is 13.8 Å². The van der Waals surface area contributed by atoms with Crippen molar-refractivity contribution >= 4 is 23.3 Å². The third kappa shape index (κ3) is 4.36. The van der Waals surface area contributed by atoms with Crippen LogP contribution in [-0.2, 0) is 0 Å². The summed E-state index contributed by atoms with van der Waals surface area (Å²) in [5.74, 6) is 0.848. The molecule has 2 N–H and O–H groups in total. The smallest absolute Gasteiger partial charge is 0.319 e. The highest BCUT2D eigenvalue weighted by Crippen LogP contribution is 2.25. The Kier molecular flexibility index (Phi) is 5.00. The molecule has 0 aliphatic rings. The van der Waals surface area contributed by atoms with Gasteiger partial charge in [-0.1, -0.05) is 28.9 Å². The van der Waals surface area contributed by atoms with Crippen LogP contribution in [0, 0.1) is 0 Å². The lowest BCUT2D eigenvalue weighted by Crippen LogP contribution is -2.34. The van der Waals surface area contributed by atoms with Gasteiger partial charge < -0.3 is 15.2 Å². The second kappa shape index (κ2) is 7.36. The summed E-state index contributed by atoms with van der Waals surface area (Å²) in [6, 6.07) is 14.2. The van der Waals surface area contributed by atoms with Crippen LogP contribution in [0.4, 0.5) is 10.5 Å². The van der Waals surface area contributed by atoms with Gasteiger partial charge in [0, 0.05) is 27.9 Å². The molecule has 0 atom stereocenters. The summed E-state index contributed by atoms with van der Waals surface area (Å²) >= 11 is 5.88. The highest BCUT2D eigenvalue weighted by atomic mass is 35.5. The van der Waals surface area contributed by atoms with Crippen LogP contribution >= 0.6 is 11.6 Å². The molecule has 128 valence electrons. The molecule has 0 fully saturated rings. The van der Waals surface area contributed by atoms with E-state index < -0.39 is 0 Å². The molecule has 6 nitrogen and oxygen atoms in total. The number of nitrogens with zero attached hydrogens (tertiary/aromatic N) is 2. The van der Waals surface area contributed by atoms with Gasteiger partial charge in [-0.2, -0.15) is 4.98 Å². The minimum absolute atomic E-state index is 0.0577. The molecule has 25 heavy (non-hydrogen) atoms. The monoisotopic (exact) mass is 356 g/mol. The number of carbonyl (C=O) groups excluding carboxylic acids is 1. The standard InChI is InChI=1S/C18H17ClN4O2/c1-11(2)20-18(24)21-15-5-3-4-13(10-15)16-22-17(25-23-16)12-6-8-14(19)9-7-12/h3-11H,1-2H3,(H2,20,21,24). The van der Waals surface area contributed by atoms with E-state index in [4.69, 9.17) is 16.1 Å². The Morgan fingerprint density at radius 3 is 2.60 bits per heavy atom. The van der Waals surface area contributed by atoms with E-state index in [2.05, 4.69) is 20.8 Å². The molecular weight excluding hydrogens is 340 g/mol. The molecule has 0 aliphatic carbocycles. The predicted molar refractivity (Wildman–Crippen MR) is 97.5 cm³/mol. The van der Waals surface area contributed by atoms with Crippen molar-refractivity contribution in [1.82, 2.24) is 15.5 Å². The topological polar surface area (TPSA) is 80.0 Å². The number of amides is 2. The fourth-order valence-electron chi connectivity index (χ4n) is 2.22. The SMILES string of the molecule is CC(C)NC(=O)Nc1cccc(-c2noc(-c3ccc(Cl)cc3)n2)c1. The lowest BCUT2D eigenvalue weighted by Gasteiger charge is -2.10. The third-order valence-electron chi connectivity index (χ3n) is 3.32. The van der Waals surface area contributed by atoms with Crippen LogP contribution in [0.3, 0.4) is 0 Å². The summed E-state index contributed by atoms with van der Waals surface area (Å²) < 4.78 is 5.31. The Bertz CT molecular complexity index is 875. The molecule has 0 saturated carbocycles. The van der Waals surface area contributed by atoms with Crippen molar-refractivity contribution in [3.05, 3.63) is 53.6 Å². The lowest BCUT2D eigenvalue weighted by molar-refractivity contribution is 0.250. The average molecular weight is 357 g/mol. The van der Waals surface area contributed by atoms with Gasteiger partial charge in [0.1, 0.15) is 0 Å². The quantitative estimate of drug-likeness (QED) is 0.716. The zero-order valence-electron chi connectivity index (χ0n) is 13.8. The van der Waals surface area contributed by atoms with Crippen LogP contribution < -0.4 is 10.6 Å². The summed E-state index contributed by atoms with van der Waals surface area (Å²) in [4.78, 5) is 16.2. The highest BCUT2D eigenvalue weighted by Gasteiger charge is 2.12. The number of hydrogen-bond donors (Lipinski definition) is 2. The van der Waals surface area contributed by atoms with Crippen molar-refractivity contribution in [3.8, 4) is 22.8 Å². The third-order valence-corrected chi connectivity index (χ3v) is 3.57. The molecule has 1 aromatic heterocycles. The molecule has 0 saturated heterocycles. The normalized spacial score (nSPS) is 10.7. The molecule has 3 rings (SSSR count). The molecule has 0 radical (unpaired) electrons. The Balaban J connectivity index is 1.79. The maximum Gasteiger partial charge on any atom is 0.319 e. The van der Waals surface area contributed by atoms with E-state index >= 15 is 0 Å². The molecule has 1 heterocycles. The van der Waals surface area contributed by atoms with E-state index in [0.29, 0.717) is 22.4 Å². The van der Waals surface area contributed by atoms with Crippen LogP contribution in [0.15, 0.2) is 53.1 Å². The number of benzene rings is 2. The van der Waals surface area contributed by atoms with E-state index in [1.54, 1.807) is 24.3 Å². The second-order valence-electron chi connectivity index (χ2n) is 5.76. The van der Waals surface area contributed by atoms with Gasteiger partial charge in [0.05, 0.1) is 0 Å². The Morgan fingerprint density at radius 2 is 1.88 bits per heavy atom. The number of carbonyl (C=O) groups is 1. The number of urea groups is 1. The Morgan fingerprint density at radius 1 is 1.12 bits per heavy atom. The summed E-state index contributed by atoms with van der Waals surface area (Å²) in [5.41, 5.74) is 2.17. The zero-order valence-corrected chi connectivity index (χ0v) is 14.5. The highest BCUT2D eigenvalue weighted by molar-refractivity contribution is 6.30. The van der Waals surface area contributed by atoms with E-state index in [0.717, 1.165) is 11.1 Å². The van der Waals surface area contributed by atoms with Gasteiger partial charge in [-0.3, -0.25) is 0 Å². The van der Waals surface area contributed by atoms with Crippen molar-refractivity contribution in [2.75, 3.05) is 5.32 Å². The van der Waals surface area contributed by atoms with Gasteiger partial charge in [-0.15, -0.1) is 0 Å². The minimum Gasteiger partial charge on any atom is -0.336 e. The zero-order chi connectivity index (χ0) is 17.8. The number of nitrogens with one attached hydrogen (secondary N) is 2.